The number of amides is 2. The molecule has 2 N–H and O–H groups in total. The topological polar surface area (TPSA) is 58.2 Å². The van der Waals surface area contributed by atoms with Gasteiger partial charge < -0.3 is 10.6 Å². The van der Waals surface area contributed by atoms with Crippen LogP contribution < -0.4 is 10.6 Å². The molecule has 0 aliphatic heterocycles. The van der Waals surface area contributed by atoms with Gasteiger partial charge in [0.15, 0.2) is 0 Å². The zero-order valence-electron chi connectivity index (χ0n) is 17.1. The number of carbonyl (C=O) groups is 2. The standard InChI is InChI=1S/C22H34N2O2/c1-14(2)18-9-7-8-15(3)19(18)23-20(25)16-10-12-17(13-11-16)21(26)24-22(4,5)6/h7-9,14,16-17H,10-13H2,1-6H3,(H,23,25)(H,24,26). The zero-order chi connectivity index (χ0) is 19.5. The number of para-hydroxylation sites is 1. The van der Waals surface area contributed by atoms with Crippen molar-refractivity contribution in [1.29, 1.82) is 0 Å². The molecule has 0 aromatic heterocycles. The second kappa shape index (κ2) is 8.24. The highest BCUT2D eigenvalue weighted by Gasteiger charge is 2.31. The maximum Gasteiger partial charge on any atom is 0.227 e. The van der Waals surface area contributed by atoms with Gasteiger partial charge in [0.2, 0.25) is 11.8 Å². The molecule has 0 radical (unpaired) electrons. The highest BCUT2D eigenvalue weighted by molar-refractivity contribution is 5.94. The number of hydrogen-bond donors (Lipinski definition) is 2. The van der Waals surface area contributed by atoms with Crippen molar-refractivity contribution in [2.24, 2.45) is 11.8 Å². The molecule has 4 nitrogen and oxygen atoms in total. The van der Waals surface area contributed by atoms with Gasteiger partial charge in [0.05, 0.1) is 0 Å². The Morgan fingerprint density at radius 1 is 1.00 bits per heavy atom. The summed E-state index contributed by atoms with van der Waals surface area (Å²) in [5.74, 6) is 0.603. The highest BCUT2D eigenvalue weighted by atomic mass is 16.2. The van der Waals surface area contributed by atoms with Gasteiger partial charge in [-0.15, -0.1) is 0 Å². The quantitative estimate of drug-likeness (QED) is 0.814. The Bertz CT molecular complexity index is 651. The molecule has 0 spiro atoms. The SMILES string of the molecule is Cc1cccc(C(C)C)c1NC(=O)C1CCC(C(=O)NC(C)(C)C)CC1. The molecule has 4 heteroatoms. The van der Waals surface area contributed by atoms with E-state index < -0.39 is 0 Å². The van der Waals surface area contributed by atoms with E-state index >= 15 is 0 Å². The lowest BCUT2D eigenvalue weighted by molar-refractivity contribution is -0.129. The lowest BCUT2D eigenvalue weighted by atomic mass is 9.80. The van der Waals surface area contributed by atoms with Gasteiger partial charge >= 0.3 is 0 Å². The molecule has 0 bridgehead atoms. The fourth-order valence-corrected chi connectivity index (χ4v) is 3.66. The molecular weight excluding hydrogens is 324 g/mol. The highest BCUT2D eigenvalue weighted by Crippen LogP contribution is 2.32. The first kappa shape index (κ1) is 20.5. The van der Waals surface area contributed by atoms with Crippen molar-refractivity contribution < 1.29 is 9.59 Å². The molecule has 1 saturated carbocycles. The van der Waals surface area contributed by atoms with Crippen molar-refractivity contribution in [2.75, 3.05) is 5.32 Å². The number of aryl methyl sites for hydroxylation is 1. The van der Waals surface area contributed by atoms with Gasteiger partial charge in [-0.3, -0.25) is 9.59 Å². The monoisotopic (exact) mass is 358 g/mol. The first-order chi connectivity index (χ1) is 12.1. The van der Waals surface area contributed by atoms with E-state index in [2.05, 4.69) is 30.5 Å². The Morgan fingerprint density at radius 3 is 2.04 bits per heavy atom. The molecular formula is C22H34N2O2. The van der Waals surface area contributed by atoms with E-state index in [1.165, 1.54) is 5.56 Å². The van der Waals surface area contributed by atoms with Crippen molar-refractivity contribution in [3.8, 4) is 0 Å². The van der Waals surface area contributed by atoms with Crippen molar-refractivity contribution in [2.45, 2.75) is 78.7 Å². The van der Waals surface area contributed by atoms with Crippen LogP contribution in [-0.2, 0) is 9.59 Å². The summed E-state index contributed by atoms with van der Waals surface area (Å²) in [5, 5.41) is 6.23. The summed E-state index contributed by atoms with van der Waals surface area (Å²) in [6, 6.07) is 6.16. The van der Waals surface area contributed by atoms with Crippen LogP contribution in [-0.4, -0.2) is 17.4 Å². The van der Waals surface area contributed by atoms with Gasteiger partial charge in [0, 0.05) is 23.1 Å². The van der Waals surface area contributed by atoms with Crippen LogP contribution in [0.25, 0.3) is 0 Å². The molecule has 0 heterocycles. The van der Waals surface area contributed by atoms with Gasteiger partial charge in [-0.2, -0.15) is 0 Å². The predicted octanol–water partition coefficient (Wildman–Crippen LogP) is 4.78. The molecule has 1 aliphatic rings. The maximum atomic E-state index is 12.8. The summed E-state index contributed by atoms with van der Waals surface area (Å²) in [6.07, 6.45) is 3.11. The van der Waals surface area contributed by atoms with Gasteiger partial charge in [0.25, 0.3) is 0 Å². The number of nitrogens with one attached hydrogen (secondary N) is 2. The average Bonchev–Trinajstić information content (AvgIpc) is 2.55. The third-order valence-corrected chi connectivity index (χ3v) is 5.14. The molecule has 1 aromatic carbocycles. The Kier molecular flexibility index (Phi) is 6.48. The van der Waals surface area contributed by atoms with E-state index in [0.717, 1.165) is 36.9 Å². The van der Waals surface area contributed by atoms with Gasteiger partial charge in [-0.1, -0.05) is 32.0 Å². The summed E-state index contributed by atoms with van der Waals surface area (Å²) in [5.41, 5.74) is 3.03. The molecule has 26 heavy (non-hydrogen) atoms. The molecule has 1 aliphatic carbocycles. The number of anilines is 1. The number of hydrogen-bond acceptors (Lipinski definition) is 2. The summed E-state index contributed by atoms with van der Waals surface area (Å²) >= 11 is 0. The van der Waals surface area contributed by atoms with Crippen LogP contribution in [0.3, 0.4) is 0 Å². The molecule has 2 rings (SSSR count). The fourth-order valence-electron chi connectivity index (χ4n) is 3.66. The number of benzene rings is 1. The maximum absolute atomic E-state index is 12.8. The van der Waals surface area contributed by atoms with E-state index in [-0.39, 0.29) is 29.2 Å². The molecule has 2 amide bonds. The minimum absolute atomic E-state index is 0.00620. The first-order valence-electron chi connectivity index (χ1n) is 9.81. The third kappa shape index (κ3) is 5.33. The Morgan fingerprint density at radius 2 is 1.54 bits per heavy atom. The summed E-state index contributed by atoms with van der Waals surface area (Å²) < 4.78 is 0. The van der Waals surface area contributed by atoms with E-state index in [4.69, 9.17) is 0 Å². The largest absolute Gasteiger partial charge is 0.351 e. The van der Waals surface area contributed by atoms with Crippen molar-refractivity contribution >= 4 is 17.5 Å². The number of rotatable bonds is 4. The van der Waals surface area contributed by atoms with Crippen LogP contribution in [0.5, 0.6) is 0 Å². The van der Waals surface area contributed by atoms with Crippen molar-refractivity contribution in [3.05, 3.63) is 29.3 Å². The Balaban J connectivity index is 1.97. The number of carbonyl (C=O) groups excluding carboxylic acids is 2. The average molecular weight is 359 g/mol. The molecule has 144 valence electrons. The van der Waals surface area contributed by atoms with E-state index in [9.17, 15) is 9.59 Å². The van der Waals surface area contributed by atoms with Gasteiger partial charge in [-0.05, 0) is 70.4 Å². The Hall–Kier alpha value is -1.84. The predicted molar refractivity (Wildman–Crippen MR) is 107 cm³/mol. The van der Waals surface area contributed by atoms with E-state index in [1.807, 2.05) is 39.8 Å². The van der Waals surface area contributed by atoms with Crippen molar-refractivity contribution in [3.63, 3.8) is 0 Å². The Labute approximate surface area is 158 Å². The fraction of sp³-hybridized carbons (Fsp3) is 0.636. The van der Waals surface area contributed by atoms with Crippen LogP contribution in [0.15, 0.2) is 18.2 Å². The summed E-state index contributed by atoms with van der Waals surface area (Å²) in [4.78, 5) is 25.1. The van der Waals surface area contributed by atoms with Crippen LogP contribution in [0.4, 0.5) is 5.69 Å². The molecule has 0 unspecified atom stereocenters. The van der Waals surface area contributed by atoms with E-state index in [1.54, 1.807) is 0 Å². The second-order valence-electron chi connectivity index (χ2n) is 8.97. The summed E-state index contributed by atoms with van der Waals surface area (Å²) in [7, 11) is 0. The van der Waals surface area contributed by atoms with Crippen LogP contribution in [0.2, 0.25) is 0 Å². The minimum Gasteiger partial charge on any atom is -0.351 e. The van der Waals surface area contributed by atoms with Crippen LogP contribution >= 0.6 is 0 Å². The first-order valence-corrected chi connectivity index (χ1v) is 9.81. The second-order valence-corrected chi connectivity index (χ2v) is 8.97. The third-order valence-electron chi connectivity index (χ3n) is 5.14. The van der Waals surface area contributed by atoms with E-state index in [0.29, 0.717) is 5.92 Å². The van der Waals surface area contributed by atoms with Crippen molar-refractivity contribution in [1.82, 2.24) is 5.32 Å². The van der Waals surface area contributed by atoms with Crippen LogP contribution in [0.1, 0.15) is 77.3 Å². The van der Waals surface area contributed by atoms with Crippen LogP contribution in [0, 0.1) is 18.8 Å². The lowest BCUT2D eigenvalue weighted by Crippen LogP contribution is -2.45. The molecule has 1 aromatic rings. The zero-order valence-corrected chi connectivity index (χ0v) is 17.1. The summed E-state index contributed by atoms with van der Waals surface area (Å²) in [6.45, 7) is 12.3. The lowest BCUT2D eigenvalue weighted by Gasteiger charge is -2.30. The van der Waals surface area contributed by atoms with Gasteiger partial charge in [-0.25, -0.2) is 0 Å². The normalized spacial score (nSPS) is 20.7. The molecule has 0 saturated heterocycles. The molecule has 1 fully saturated rings. The molecule has 0 atom stereocenters. The van der Waals surface area contributed by atoms with Gasteiger partial charge in [0.1, 0.15) is 0 Å². The smallest absolute Gasteiger partial charge is 0.227 e. The minimum atomic E-state index is -0.205.